The number of furan rings is 1. The number of nitrogens with zero attached hydrogens (tertiary/aromatic N) is 3. The van der Waals surface area contributed by atoms with Gasteiger partial charge in [-0.05, 0) is 37.5 Å². The minimum atomic E-state index is -0.552. The van der Waals surface area contributed by atoms with Crippen molar-refractivity contribution < 1.29 is 9.21 Å². The van der Waals surface area contributed by atoms with Gasteiger partial charge < -0.3 is 9.32 Å². The second-order valence-corrected chi connectivity index (χ2v) is 7.38. The minimum absolute atomic E-state index is 0.212. The molecule has 1 saturated carbocycles. The quantitative estimate of drug-likeness (QED) is 0.728. The first-order chi connectivity index (χ1) is 13.4. The van der Waals surface area contributed by atoms with Crippen molar-refractivity contribution in [2.24, 2.45) is 5.92 Å². The van der Waals surface area contributed by atoms with E-state index in [4.69, 9.17) is 4.42 Å². The maximum Gasteiger partial charge on any atom is 0.329 e. The molecular weight excluding hydrogens is 360 g/mol. The zero-order valence-corrected chi connectivity index (χ0v) is 16.1. The van der Waals surface area contributed by atoms with E-state index in [-0.39, 0.29) is 22.5 Å². The van der Waals surface area contributed by atoms with E-state index in [0.717, 1.165) is 17.9 Å². The number of amides is 1. The molecule has 1 aliphatic rings. The molecule has 1 N–H and O–H groups in total. The van der Waals surface area contributed by atoms with Crippen LogP contribution >= 0.6 is 0 Å². The number of rotatable bonds is 5. The average Bonchev–Trinajstić information content (AvgIpc) is 3.22. The van der Waals surface area contributed by atoms with Crippen LogP contribution in [0, 0.1) is 5.92 Å². The van der Waals surface area contributed by atoms with E-state index < -0.39 is 11.2 Å². The summed E-state index contributed by atoms with van der Waals surface area (Å²) < 4.78 is 7.22. The van der Waals surface area contributed by atoms with Crippen LogP contribution < -0.4 is 11.2 Å². The number of hydrogen-bond donors (Lipinski definition) is 1. The van der Waals surface area contributed by atoms with Crippen LogP contribution in [-0.4, -0.2) is 32.4 Å². The molecule has 0 bridgehead atoms. The van der Waals surface area contributed by atoms with Crippen molar-refractivity contribution in [3.63, 3.8) is 0 Å². The second-order valence-electron chi connectivity index (χ2n) is 7.38. The number of carbonyl (C=O) groups excluding carboxylic acids is 1. The topological polar surface area (TPSA) is 101 Å². The van der Waals surface area contributed by atoms with Crippen molar-refractivity contribution in [3.8, 4) is 0 Å². The summed E-state index contributed by atoms with van der Waals surface area (Å²) in [6, 6.07) is 5.35. The highest BCUT2D eigenvalue weighted by atomic mass is 16.3. The molecule has 28 heavy (non-hydrogen) atoms. The standard InChI is InChI=1S/C20H22N4O4/c1-4-24-17-15(18(25)22-20(24)27)8-12(9-21-17)19(26)23(3)10-13-5-6-16(28-13)14-7-11(14)2/h5-6,8-9,11,14H,4,7,10H2,1-3H3,(H,22,25,27). The third-order valence-corrected chi connectivity index (χ3v) is 5.29. The number of nitrogens with one attached hydrogen (secondary N) is 1. The van der Waals surface area contributed by atoms with Gasteiger partial charge in [0.1, 0.15) is 17.2 Å². The molecule has 8 heteroatoms. The molecule has 8 nitrogen and oxygen atoms in total. The fourth-order valence-electron chi connectivity index (χ4n) is 3.50. The third-order valence-electron chi connectivity index (χ3n) is 5.29. The fraction of sp³-hybridized carbons (Fsp3) is 0.400. The van der Waals surface area contributed by atoms with Crippen LogP contribution in [0.3, 0.4) is 0 Å². The van der Waals surface area contributed by atoms with Crippen molar-refractivity contribution in [3.05, 3.63) is 62.3 Å². The lowest BCUT2D eigenvalue weighted by atomic mass is 10.2. The maximum atomic E-state index is 12.8. The molecule has 3 aromatic heterocycles. The van der Waals surface area contributed by atoms with Gasteiger partial charge in [-0.15, -0.1) is 0 Å². The second kappa shape index (κ2) is 6.78. The van der Waals surface area contributed by atoms with Crippen LogP contribution in [0.4, 0.5) is 0 Å². The number of aromatic amines is 1. The third kappa shape index (κ3) is 3.15. The Kier molecular flexibility index (Phi) is 4.41. The number of H-pyrrole nitrogens is 1. The lowest BCUT2D eigenvalue weighted by molar-refractivity contribution is 0.0774. The highest BCUT2D eigenvalue weighted by Crippen LogP contribution is 2.47. The summed E-state index contributed by atoms with van der Waals surface area (Å²) in [5.74, 6) is 2.56. The van der Waals surface area contributed by atoms with Crippen LogP contribution in [0.1, 0.15) is 48.1 Å². The van der Waals surface area contributed by atoms with Crippen molar-refractivity contribution in [2.45, 2.75) is 39.3 Å². The molecule has 3 heterocycles. The Morgan fingerprint density at radius 1 is 1.39 bits per heavy atom. The minimum Gasteiger partial charge on any atom is -0.464 e. The van der Waals surface area contributed by atoms with Gasteiger partial charge in [0.2, 0.25) is 0 Å². The summed E-state index contributed by atoms with van der Waals surface area (Å²) in [5, 5.41) is 0.212. The number of pyridine rings is 1. The first kappa shape index (κ1) is 18.2. The molecule has 0 aromatic carbocycles. The molecule has 2 atom stereocenters. The Bertz CT molecular complexity index is 1170. The first-order valence-corrected chi connectivity index (χ1v) is 9.36. The molecule has 146 valence electrons. The Balaban J connectivity index is 1.58. The van der Waals surface area contributed by atoms with Crippen molar-refractivity contribution >= 4 is 16.9 Å². The molecule has 4 rings (SSSR count). The van der Waals surface area contributed by atoms with Crippen LogP contribution in [0.15, 0.2) is 38.4 Å². The van der Waals surface area contributed by atoms with E-state index >= 15 is 0 Å². The molecule has 1 fully saturated rings. The molecular formula is C20H22N4O4. The van der Waals surface area contributed by atoms with Gasteiger partial charge in [0.25, 0.3) is 11.5 Å². The Morgan fingerprint density at radius 2 is 2.14 bits per heavy atom. The summed E-state index contributed by atoms with van der Waals surface area (Å²) in [4.78, 5) is 44.8. The van der Waals surface area contributed by atoms with Crippen molar-refractivity contribution in [1.82, 2.24) is 19.4 Å². The zero-order valence-electron chi connectivity index (χ0n) is 16.1. The van der Waals surface area contributed by atoms with Gasteiger partial charge in [0.15, 0.2) is 0 Å². The maximum absolute atomic E-state index is 12.8. The van der Waals surface area contributed by atoms with Crippen LogP contribution in [-0.2, 0) is 13.1 Å². The monoisotopic (exact) mass is 382 g/mol. The van der Waals surface area contributed by atoms with E-state index in [1.54, 1.807) is 14.0 Å². The molecule has 3 aromatic rings. The smallest absolute Gasteiger partial charge is 0.329 e. The molecule has 0 saturated heterocycles. The highest BCUT2D eigenvalue weighted by Gasteiger charge is 2.36. The summed E-state index contributed by atoms with van der Waals surface area (Å²) in [7, 11) is 1.67. The van der Waals surface area contributed by atoms with E-state index in [0.29, 0.717) is 24.9 Å². The fourth-order valence-corrected chi connectivity index (χ4v) is 3.50. The Labute approximate surface area is 160 Å². The number of carbonyl (C=O) groups is 1. The number of aryl methyl sites for hydroxylation is 1. The van der Waals surface area contributed by atoms with Crippen LogP contribution in [0.2, 0.25) is 0 Å². The van der Waals surface area contributed by atoms with E-state index in [9.17, 15) is 14.4 Å². The zero-order chi connectivity index (χ0) is 20.0. The normalized spacial score (nSPS) is 18.4. The van der Waals surface area contributed by atoms with E-state index in [1.807, 2.05) is 12.1 Å². The summed E-state index contributed by atoms with van der Waals surface area (Å²) in [6.07, 6.45) is 2.54. The summed E-state index contributed by atoms with van der Waals surface area (Å²) >= 11 is 0. The highest BCUT2D eigenvalue weighted by molar-refractivity contribution is 5.96. The molecule has 0 radical (unpaired) electrons. The van der Waals surface area contributed by atoms with Gasteiger partial charge in [-0.25, -0.2) is 9.78 Å². The molecule has 0 aliphatic heterocycles. The summed E-state index contributed by atoms with van der Waals surface area (Å²) in [5.41, 5.74) is -0.514. The van der Waals surface area contributed by atoms with E-state index in [2.05, 4.69) is 16.9 Å². The lowest BCUT2D eigenvalue weighted by Crippen LogP contribution is -2.31. The van der Waals surface area contributed by atoms with Crippen molar-refractivity contribution in [1.29, 1.82) is 0 Å². The van der Waals surface area contributed by atoms with Crippen LogP contribution in [0.5, 0.6) is 0 Å². The molecule has 2 unspecified atom stereocenters. The van der Waals surface area contributed by atoms with Gasteiger partial charge >= 0.3 is 5.69 Å². The van der Waals surface area contributed by atoms with Gasteiger partial charge in [0, 0.05) is 25.7 Å². The molecule has 0 spiro atoms. The van der Waals surface area contributed by atoms with Gasteiger partial charge in [0.05, 0.1) is 17.5 Å². The number of aromatic nitrogens is 3. The molecule has 1 amide bonds. The molecule has 1 aliphatic carbocycles. The van der Waals surface area contributed by atoms with Crippen molar-refractivity contribution in [2.75, 3.05) is 7.05 Å². The van der Waals surface area contributed by atoms with E-state index in [1.165, 1.54) is 21.7 Å². The SMILES string of the molecule is CCn1c(=O)[nH]c(=O)c2cc(C(=O)N(C)Cc3ccc(C4CC4C)o3)cnc21. The number of hydrogen-bond acceptors (Lipinski definition) is 5. The number of fused-ring (bicyclic) bond motifs is 1. The van der Waals surface area contributed by atoms with Crippen LogP contribution in [0.25, 0.3) is 11.0 Å². The van der Waals surface area contributed by atoms with Gasteiger partial charge in [-0.2, -0.15) is 0 Å². The van der Waals surface area contributed by atoms with Gasteiger partial charge in [-0.1, -0.05) is 6.92 Å². The first-order valence-electron chi connectivity index (χ1n) is 9.36. The predicted octanol–water partition coefficient (Wildman–Crippen LogP) is 2.09. The largest absolute Gasteiger partial charge is 0.464 e. The lowest BCUT2D eigenvalue weighted by Gasteiger charge is -2.16. The Morgan fingerprint density at radius 3 is 2.82 bits per heavy atom. The van der Waals surface area contributed by atoms with Gasteiger partial charge in [-0.3, -0.25) is 19.1 Å². The summed E-state index contributed by atoms with van der Waals surface area (Å²) in [6.45, 7) is 4.66. The average molecular weight is 382 g/mol. The predicted molar refractivity (Wildman–Crippen MR) is 103 cm³/mol. The Hall–Kier alpha value is -3.16.